The van der Waals surface area contributed by atoms with Crippen LogP contribution < -0.4 is 0 Å². The van der Waals surface area contributed by atoms with Crippen LogP contribution in [0.4, 0.5) is 4.39 Å². The van der Waals surface area contributed by atoms with Crippen molar-refractivity contribution in [2.75, 3.05) is 13.2 Å². The van der Waals surface area contributed by atoms with E-state index in [9.17, 15) is 9.18 Å². The molecule has 17 heavy (non-hydrogen) atoms. The van der Waals surface area contributed by atoms with Crippen molar-refractivity contribution in [1.29, 1.82) is 0 Å². The highest BCUT2D eigenvalue weighted by Gasteiger charge is 2.28. The maximum Gasteiger partial charge on any atom is 0.254 e. The van der Waals surface area contributed by atoms with E-state index >= 15 is 0 Å². The molecule has 1 fully saturated rings. The van der Waals surface area contributed by atoms with Gasteiger partial charge in [-0.25, -0.2) is 4.39 Å². The molecule has 0 radical (unpaired) electrons. The molecular formula is C13H16FNO2. The van der Waals surface area contributed by atoms with Crippen molar-refractivity contribution < 1.29 is 13.9 Å². The third kappa shape index (κ3) is 2.64. The average molecular weight is 237 g/mol. The summed E-state index contributed by atoms with van der Waals surface area (Å²) in [5.41, 5.74) is 0.394. The highest BCUT2D eigenvalue weighted by Crippen LogP contribution is 2.15. The van der Waals surface area contributed by atoms with Gasteiger partial charge in [-0.1, -0.05) is 6.07 Å². The van der Waals surface area contributed by atoms with E-state index in [-0.39, 0.29) is 23.9 Å². The highest BCUT2D eigenvalue weighted by molar-refractivity contribution is 5.94. The Balaban J connectivity index is 2.18. The van der Waals surface area contributed by atoms with Crippen LogP contribution in [0.5, 0.6) is 0 Å². The van der Waals surface area contributed by atoms with Crippen LogP contribution in [0.25, 0.3) is 0 Å². The second-order valence-corrected chi connectivity index (χ2v) is 4.46. The first-order valence-corrected chi connectivity index (χ1v) is 5.76. The van der Waals surface area contributed by atoms with Crippen LogP contribution in [0.15, 0.2) is 24.3 Å². The van der Waals surface area contributed by atoms with Gasteiger partial charge in [-0.2, -0.15) is 0 Å². The molecule has 1 aromatic carbocycles. The number of morpholine rings is 1. The second kappa shape index (κ2) is 4.84. The fourth-order valence-corrected chi connectivity index (χ4v) is 1.97. The number of nitrogens with zero attached hydrogens (tertiary/aromatic N) is 1. The first-order valence-electron chi connectivity index (χ1n) is 5.76. The highest BCUT2D eigenvalue weighted by atomic mass is 19.1. The van der Waals surface area contributed by atoms with Crippen LogP contribution in [-0.2, 0) is 4.74 Å². The van der Waals surface area contributed by atoms with Gasteiger partial charge in [0.15, 0.2) is 0 Å². The lowest BCUT2D eigenvalue weighted by Crippen LogP contribution is -2.50. The largest absolute Gasteiger partial charge is 0.375 e. The molecule has 0 N–H and O–H groups in total. The van der Waals surface area contributed by atoms with Crippen LogP contribution in [0, 0.1) is 5.82 Å². The van der Waals surface area contributed by atoms with Gasteiger partial charge < -0.3 is 9.64 Å². The molecule has 1 aliphatic heterocycles. The van der Waals surface area contributed by atoms with E-state index in [1.807, 2.05) is 13.8 Å². The Hall–Kier alpha value is -1.42. The zero-order valence-corrected chi connectivity index (χ0v) is 10.0. The van der Waals surface area contributed by atoms with Crippen molar-refractivity contribution in [2.45, 2.75) is 26.0 Å². The van der Waals surface area contributed by atoms with E-state index in [4.69, 9.17) is 4.74 Å². The monoisotopic (exact) mass is 237 g/mol. The van der Waals surface area contributed by atoms with Crippen molar-refractivity contribution in [3.05, 3.63) is 35.6 Å². The molecule has 2 unspecified atom stereocenters. The number of carbonyl (C=O) groups excluding carboxylic acids is 1. The van der Waals surface area contributed by atoms with E-state index in [2.05, 4.69) is 0 Å². The number of benzene rings is 1. The Morgan fingerprint density at radius 3 is 2.94 bits per heavy atom. The van der Waals surface area contributed by atoms with E-state index in [1.165, 1.54) is 12.1 Å². The van der Waals surface area contributed by atoms with Gasteiger partial charge in [0.05, 0.1) is 18.8 Å². The summed E-state index contributed by atoms with van der Waals surface area (Å²) in [5, 5.41) is 0. The van der Waals surface area contributed by atoms with E-state index in [0.717, 1.165) is 0 Å². The molecule has 0 aromatic heterocycles. The summed E-state index contributed by atoms with van der Waals surface area (Å²) in [4.78, 5) is 14.0. The average Bonchev–Trinajstić information content (AvgIpc) is 2.31. The fraction of sp³-hybridized carbons (Fsp3) is 0.462. The minimum absolute atomic E-state index is 0.0296. The summed E-state index contributed by atoms with van der Waals surface area (Å²) in [7, 11) is 0. The molecule has 92 valence electrons. The molecule has 3 nitrogen and oxygen atoms in total. The van der Waals surface area contributed by atoms with Crippen molar-refractivity contribution in [2.24, 2.45) is 0 Å². The molecular weight excluding hydrogens is 221 g/mol. The lowest BCUT2D eigenvalue weighted by atomic mass is 10.1. The Morgan fingerprint density at radius 1 is 1.47 bits per heavy atom. The summed E-state index contributed by atoms with van der Waals surface area (Å²) in [6.07, 6.45) is 0.0312. The zero-order chi connectivity index (χ0) is 12.4. The molecule has 0 saturated carbocycles. The van der Waals surface area contributed by atoms with Crippen LogP contribution in [0.1, 0.15) is 24.2 Å². The number of ether oxygens (including phenoxy) is 1. The topological polar surface area (TPSA) is 29.5 Å². The third-order valence-electron chi connectivity index (χ3n) is 2.94. The number of hydrogen-bond donors (Lipinski definition) is 0. The summed E-state index contributed by atoms with van der Waals surface area (Å²) in [6, 6.07) is 5.83. The summed E-state index contributed by atoms with van der Waals surface area (Å²) in [6.45, 7) is 4.94. The molecule has 1 aromatic rings. The van der Waals surface area contributed by atoms with Gasteiger partial charge in [-0.3, -0.25) is 4.79 Å². The van der Waals surface area contributed by atoms with E-state index in [0.29, 0.717) is 18.7 Å². The first kappa shape index (κ1) is 12.0. The molecule has 1 heterocycles. The summed E-state index contributed by atoms with van der Waals surface area (Å²) in [5.74, 6) is -0.517. The molecule has 0 aliphatic carbocycles. The van der Waals surface area contributed by atoms with Crippen LogP contribution >= 0.6 is 0 Å². The van der Waals surface area contributed by atoms with Crippen LogP contribution in [-0.4, -0.2) is 36.1 Å². The Morgan fingerprint density at radius 2 is 2.24 bits per heavy atom. The van der Waals surface area contributed by atoms with Gasteiger partial charge in [-0.15, -0.1) is 0 Å². The van der Waals surface area contributed by atoms with Crippen molar-refractivity contribution in [3.63, 3.8) is 0 Å². The summed E-state index contributed by atoms with van der Waals surface area (Å²) < 4.78 is 18.5. The maximum absolute atomic E-state index is 13.1. The minimum Gasteiger partial charge on any atom is -0.375 e. The Labute approximate surface area is 100 Å². The van der Waals surface area contributed by atoms with Gasteiger partial charge in [0.25, 0.3) is 5.91 Å². The van der Waals surface area contributed by atoms with E-state index in [1.54, 1.807) is 17.0 Å². The fourth-order valence-electron chi connectivity index (χ4n) is 1.97. The SMILES string of the molecule is CC1CN(C(=O)c2cccc(F)c2)C(C)CO1. The van der Waals surface area contributed by atoms with Crippen LogP contribution in [0.3, 0.4) is 0 Å². The Kier molecular flexibility index (Phi) is 3.43. The molecule has 2 rings (SSSR count). The molecule has 1 amide bonds. The van der Waals surface area contributed by atoms with E-state index < -0.39 is 0 Å². The van der Waals surface area contributed by atoms with Crippen molar-refractivity contribution in [1.82, 2.24) is 4.90 Å². The van der Waals surface area contributed by atoms with Gasteiger partial charge in [0.2, 0.25) is 0 Å². The summed E-state index contributed by atoms with van der Waals surface area (Å²) >= 11 is 0. The number of rotatable bonds is 1. The van der Waals surface area contributed by atoms with Gasteiger partial charge in [0, 0.05) is 12.1 Å². The molecule has 0 bridgehead atoms. The standard InChI is InChI=1S/C13H16FNO2/c1-9-8-17-10(2)7-15(9)13(16)11-4-3-5-12(14)6-11/h3-6,9-10H,7-8H2,1-2H3. The first-order chi connectivity index (χ1) is 8.08. The molecule has 4 heteroatoms. The predicted octanol–water partition coefficient (Wildman–Crippen LogP) is 2.08. The molecule has 2 atom stereocenters. The maximum atomic E-state index is 13.1. The molecule has 0 spiro atoms. The number of carbonyl (C=O) groups is 1. The third-order valence-corrected chi connectivity index (χ3v) is 2.94. The molecule has 1 aliphatic rings. The van der Waals surface area contributed by atoms with Crippen LogP contribution in [0.2, 0.25) is 0 Å². The molecule has 1 saturated heterocycles. The number of hydrogen-bond acceptors (Lipinski definition) is 2. The predicted molar refractivity (Wildman–Crippen MR) is 62.3 cm³/mol. The number of amides is 1. The van der Waals surface area contributed by atoms with Gasteiger partial charge >= 0.3 is 0 Å². The second-order valence-electron chi connectivity index (χ2n) is 4.46. The van der Waals surface area contributed by atoms with Crippen molar-refractivity contribution >= 4 is 5.91 Å². The quantitative estimate of drug-likeness (QED) is 0.748. The zero-order valence-electron chi connectivity index (χ0n) is 10.0. The minimum atomic E-state index is -0.384. The lowest BCUT2D eigenvalue weighted by molar-refractivity contribution is -0.0387. The number of halogens is 1. The Bertz CT molecular complexity index is 422. The smallest absolute Gasteiger partial charge is 0.254 e. The van der Waals surface area contributed by atoms with Gasteiger partial charge in [0.1, 0.15) is 5.82 Å². The lowest BCUT2D eigenvalue weighted by Gasteiger charge is -2.36. The van der Waals surface area contributed by atoms with Crippen molar-refractivity contribution in [3.8, 4) is 0 Å². The van der Waals surface area contributed by atoms with Gasteiger partial charge in [-0.05, 0) is 32.0 Å². The normalized spacial score (nSPS) is 24.8.